The molecular weight excluding hydrogens is 259 g/mol. The van der Waals surface area contributed by atoms with Gasteiger partial charge in [0.25, 0.3) is 10.0 Å². The average molecular weight is 269 g/mol. The van der Waals surface area contributed by atoms with Crippen LogP contribution in [-0.4, -0.2) is 21.2 Å². The fraction of sp³-hybridized carbons (Fsp3) is 0.333. The van der Waals surface area contributed by atoms with Crippen molar-refractivity contribution in [1.82, 2.24) is 4.89 Å². The van der Waals surface area contributed by atoms with Crippen molar-refractivity contribution in [2.75, 3.05) is 6.61 Å². The molecular formula is C9H10F3NO3S. The molecule has 0 aromatic heterocycles. The first-order valence-electron chi connectivity index (χ1n) is 4.48. The summed E-state index contributed by atoms with van der Waals surface area (Å²) in [4.78, 5) is 5.13. The van der Waals surface area contributed by atoms with Crippen LogP contribution in [0.25, 0.3) is 0 Å². The van der Waals surface area contributed by atoms with E-state index in [1.807, 2.05) is 0 Å². The van der Waals surface area contributed by atoms with Crippen molar-refractivity contribution in [3.8, 4) is 0 Å². The lowest BCUT2D eigenvalue weighted by atomic mass is 10.2. The number of hydrogen-bond acceptors (Lipinski definition) is 3. The average Bonchev–Trinajstić information content (AvgIpc) is 2.15. The Labute approximate surface area is 96.4 Å². The Kier molecular flexibility index (Phi) is 4.12. The summed E-state index contributed by atoms with van der Waals surface area (Å²) in [5.74, 6) is 0. The van der Waals surface area contributed by atoms with Gasteiger partial charge in [-0.1, -0.05) is 22.6 Å². The minimum Gasteiger partial charge on any atom is -0.277 e. The van der Waals surface area contributed by atoms with Crippen molar-refractivity contribution in [3.63, 3.8) is 0 Å². The Hall–Kier alpha value is -1.12. The molecule has 0 radical (unpaired) electrons. The Bertz CT molecular complexity index is 467. The number of rotatable bonds is 4. The lowest BCUT2D eigenvalue weighted by Crippen LogP contribution is -2.29. The maximum atomic E-state index is 11.7. The van der Waals surface area contributed by atoms with Crippen LogP contribution in [0.15, 0.2) is 29.2 Å². The first-order valence-corrected chi connectivity index (χ1v) is 5.96. The van der Waals surface area contributed by atoms with E-state index in [0.29, 0.717) is 0 Å². The number of aryl methyl sites for hydroxylation is 1. The van der Waals surface area contributed by atoms with Crippen molar-refractivity contribution in [3.05, 3.63) is 29.8 Å². The second kappa shape index (κ2) is 5.03. The summed E-state index contributed by atoms with van der Waals surface area (Å²) in [5.41, 5.74) is 0.833. The van der Waals surface area contributed by atoms with Crippen LogP contribution >= 0.6 is 0 Å². The summed E-state index contributed by atoms with van der Waals surface area (Å²) < 4.78 is 58.0. The van der Waals surface area contributed by atoms with Crippen LogP contribution in [0, 0.1) is 6.92 Å². The molecule has 4 nitrogen and oxygen atoms in total. The highest BCUT2D eigenvalue weighted by atomic mass is 32.2. The molecule has 0 bridgehead atoms. The van der Waals surface area contributed by atoms with Crippen molar-refractivity contribution in [1.29, 1.82) is 0 Å². The van der Waals surface area contributed by atoms with Gasteiger partial charge in [0.05, 0.1) is 4.90 Å². The van der Waals surface area contributed by atoms with Crippen LogP contribution in [-0.2, 0) is 14.9 Å². The van der Waals surface area contributed by atoms with Crippen molar-refractivity contribution >= 4 is 10.0 Å². The first kappa shape index (κ1) is 13.9. The zero-order chi connectivity index (χ0) is 13.1. The Morgan fingerprint density at radius 2 is 1.76 bits per heavy atom. The van der Waals surface area contributed by atoms with Crippen molar-refractivity contribution < 1.29 is 26.4 Å². The number of nitrogens with one attached hydrogen (secondary N) is 1. The third-order valence-corrected chi connectivity index (χ3v) is 2.97. The van der Waals surface area contributed by atoms with Gasteiger partial charge in [0.1, 0.15) is 0 Å². The fourth-order valence-electron chi connectivity index (χ4n) is 0.954. The van der Waals surface area contributed by atoms with Crippen molar-refractivity contribution in [2.24, 2.45) is 0 Å². The summed E-state index contributed by atoms with van der Waals surface area (Å²) in [6.07, 6.45) is -4.59. The molecule has 8 heteroatoms. The number of benzene rings is 1. The predicted molar refractivity (Wildman–Crippen MR) is 53.5 cm³/mol. The van der Waals surface area contributed by atoms with E-state index in [2.05, 4.69) is 4.84 Å². The Balaban J connectivity index is 2.66. The van der Waals surface area contributed by atoms with E-state index in [0.717, 1.165) is 5.56 Å². The van der Waals surface area contributed by atoms with Gasteiger partial charge in [-0.2, -0.15) is 13.2 Å². The highest BCUT2D eigenvalue weighted by molar-refractivity contribution is 7.89. The Morgan fingerprint density at radius 1 is 1.24 bits per heavy atom. The maximum Gasteiger partial charge on any atom is 0.413 e. The highest BCUT2D eigenvalue weighted by Gasteiger charge is 2.29. The molecule has 0 aliphatic rings. The number of hydrogen-bond donors (Lipinski definition) is 1. The molecule has 96 valence electrons. The maximum absolute atomic E-state index is 11.7. The topological polar surface area (TPSA) is 55.4 Å². The zero-order valence-corrected chi connectivity index (χ0v) is 9.60. The van der Waals surface area contributed by atoms with Gasteiger partial charge < -0.3 is 0 Å². The SMILES string of the molecule is Cc1ccc(S(=O)(=O)NOCC(F)(F)F)cc1. The summed E-state index contributed by atoms with van der Waals surface area (Å²) in [7, 11) is -4.07. The van der Waals surface area contributed by atoms with Crippen LogP contribution in [0.3, 0.4) is 0 Å². The van der Waals surface area contributed by atoms with Gasteiger partial charge in [0.2, 0.25) is 0 Å². The van der Waals surface area contributed by atoms with E-state index in [9.17, 15) is 21.6 Å². The molecule has 17 heavy (non-hydrogen) atoms. The van der Waals surface area contributed by atoms with E-state index in [1.54, 1.807) is 6.92 Å². The molecule has 0 aliphatic carbocycles. The van der Waals surface area contributed by atoms with Crippen LogP contribution in [0.2, 0.25) is 0 Å². The third-order valence-electron chi connectivity index (χ3n) is 1.74. The molecule has 0 unspecified atom stereocenters. The summed E-state index contributed by atoms with van der Waals surface area (Å²) in [6.45, 7) is 0.0715. The Morgan fingerprint density at radius 3 is 2.24 bits per heavy atom. The van der Waals surface area contributed by atoms with Gasteiger partial charge in [-0.3, -0.25) is 4.84 Å². The molecule has 0 atom stereocenters. The van der Waals surface area contributed by atoms with E-state index in [-0.39, 0.29) is 4.90 Å². The molecule has 0 amide bonds. The van der Waals surface area contributed by atoms with E-state index in [4.69, 9.17) is 0 Å². The molecule has 0 saturated heterocycles. The predicted octanol–water partition coefficient (Wildman–Crippen LogP) is 1.77. The summed E-state index contributed by atoms with van der Waals surface area (Å²) in [5, 5.41) is 0. The lowest BCUT2D eigenvalue weighted by molar-refractivity contribution is -0.181. The largest absolute Gasteiger partial charge is 0.413 e. The fourth-order valence-corrected chi connectivity index (χ4v) is 1.76. The van der Waals surface area contributed by atoms with E-state index in [1.165, 1.54) is 29.2 Å². The molecule has 0 aliphatic heterocycles. The number of alkyl halides is 3. The minimum atomic E-state index is -4.59. The standard InChI is InChI=1S/C9H10F3NO3S/c1-7-2-4-8(5-3-7)17(14,15)13-16-6-9(10,11)12/h2-5,13H,6H2,1H3. The van der Waals surface area contributed by atoms with Crippen LogP contribution in [0.1, 0.15) is 5.56 Å². The zero-order valence-electron chi connectivity index (χ0n) is 8.78. The van der Waals surface area contributed by atoms with E-state index >= 15 is 0 Å². The van der Waals surface area contributed by atoms with Gasteiger partial charge in [-0.05, 0) is 19.1 Å². The molecule has 1 aromatic carbocycles. The molecule has 0 heterocycles. The molecule has 0 saturated carbocycles. The van der Waals surface area contributed by atoms with Gasteiger partial charge in [0.15, 0.2) is 6.61 Å². The second-order valence-corrected chi connectivity index (χ2v) is 4.95. The van der Waals surface area contributed by atoms with Gasteiger partial charge in [-0.25, -0.2) is 8.42 Å². The summed E-state index contributed by atoms with van der Waals surface area (Å²) >= 11 is 0. The number of halogens is 3. The van der Waals surface area contributed by atoms with Crippen LogP contribution in [0.4, 0.5) is 13.2 Å². The molecule has 0 fully saturated rings. The molecule has 0 spiro atoms. The second-order valence-electron chi connectivity index (χ2n) is 3.30. The molecule has 1 rings (SSSR count). The van der Waals surface area contributed by atoms with Crippen molar-refractivity contribution in [2.45, 2.75) is 18.0 Å². The molecule has 1 aromatic rings. The number of sulfonamides is 1. The third kappa shape index (κ3) is 4.72. The van der Waals surface area contributed by atoms with Crippen LogP contribution in [0.5, 0.6) is 0 Å². The van der Waals surface area contributed by atoms with Gasteiger partial charge >= 0.3 is 6.18 Å². The normalized spacial score (nSPS) is 12.7. The smallest absolute Gasteiger partial charge is 0.277 e. The highest BCUT2D eigenvalue weighted by Crippen LogP contribution is 2.15. The minimum absolute atomic E-state index is 0.162. The van der Waals surface area contributed by atoms with Gasteiger partial charge in [-0.15, -0.1) is 0 Å². The monoisotopic (exact) mass is 269 g/mol. The first-order chi connectivity index (χ1) is 7.71. The quantitative estimate of drug-likeness (QED) is 0.847. The van der Waals surface area contributed by atoms with E-state index < -0.39 is 22.8 Å². The van der Waals surface area contributed by atoms with Gasteiger partial charge in [0, 0.05) is 0 Å². The summed E-state index contributed by atoms with van der Waals surface area (Å²) in [6, 6.07) is 5.60. The lowest BCUT2D eigenvalue weighted by Gasteiger charge is -2.09. The molecule has 1 N–H and O–H groups in total. The van der Waals surface area contributed by atoms with Crippen LogP contribution < -0.4 is 4.89 Å².